The van der Waals surface area contributed by atoms with Gasteiger partial charge in [0.15, 0.2) is 0 Å². The lowest BCUT2D eigenvalue weighted by atomic mass is 9.76. The van der Waals surface area contributed by atoms with Gasteiger partial charge >= 0.3 is 0 Å². The molecule has 138 valence electrons. The number of likely N-dealkylation sites (tertiary alicyclic amines) is 2. The normalized spacial score (nSPS) is 26.6. The molecule has 0 aliphatic carbocycles. The maximum Gasteiger partial charge on any atom is 0.139 e. The van der Waals surface area contributed by atoms with Crippen molar-refractivity contribution in [3.8, 4) is 5.75 Å². The zero-order valence-electron chi connectivity index (χ0n) is 15.1. The van der Waals surface area contributed by atoms with Crippen LogP contribution in [0.15, 0.2) is 16.6 Å². The second-order valence-electron chi connectivity index (χ2n) is 8.19. The molecule has 0 amide bonds. The van der Waals surface area contributed by atoms with E-state index in [0.29, 0.717) is 6.61 Å². The lowest BCUT2D eigenvalue weighted by molar-refractivity contribution is -0.0656. The van der Waals surface area contributed by atoms with Crippen molar-refractivity contribution in [2.24, 2.45) is 5.41 Å². The summed E-state index contributed by atoms with van der Waals surface area (Å²) in [6.45, 7) is 9.13. The average Bonchev–Trinajstić information content (AvgIpc) is 3.25. The zero-order chi connectivity index (χ0) is 17.4. The Labute approximate surface area is 159 Å². The maximum absolute atomic E-state index is 11.5. The highest BCUT2D eigenvalue weighted by Gasteiger charge is 2.47. The van der Waals surface area contributed by atoms with Crippen molar-refractivity contribution in [1.82, 2.24) is 9.80 Å². The van der Waals surface area contributed by atoms with Crippen LogP contribution in [0.25, 0.3) is 0 Å². The molecule has 4 nitrogen and oxygen atoms in total. The number of halogens is 1. The van der Waals surface area contributed by atoms with Crippen LogP contribution in [0, 0.1) is 12.3 Å². The fourth-order valence-corrected chi connectivity index (χ4v) is 5.53. The van der Waals surface area contributed by atoms with Gasteiger partial charge in [-0.3, -0.25) is 0 Å². The standard InChI is InChI=1S/C20H29BrN2O2/c1-15-10-16-18(17(21)11-15)25-14-20(19(16)24,12-22-6-2-3-7-22)13-23-8-4-5-9-23/h10-11,19,24H,2-9,12-14H2,1H3/t19-/m0/s1. The molecule has 0 bridgehead atoms. The molecule has 1 aromatic rings. The summed E-state index contributed by atoms with van der Waals surface area (Å²) in [5.74, 6) is 0.830. The summed E-state index contributed by atoms with van der Waals surface area (Å²) in [6, 6.07) is 4.17. The first-order valence-corrected chi connectivity index (χ1v) is 10.4. The van der Waals surface area contributed by atoms with Gasteiger partial charge in [-0.2, -0.15) is 0 Å². The highest BCUT2D eigenvalue weighted by Crippen LogP contribution is 2.48. The van der Waals surface area contributed by atoms with Crippen LogP contribution in [0.3, 0.4) is 0 Å². The summed E-state index contributed by atoms with van der Waals surface area (Å²) in [5, 5.41) is 11.5. The summed E-state index contributed by atoms with van der Waals surface area (Å²) in [7, 11) is 0. The number of ether oxygens (including phenoxy) is 1. The van der Waals surface area contributed by atoms with Crippen LogP contribution in [-0.4, -0.2) is 60.8 Å². The minimum absolute atomic E-state index is 0.241. The molecule has 3 aliphatic heterocycles. The second-order valence-corrected chi connectivity index (χ2v) is 9.04. The molecule has 0 aromatic heterocycles. The molecule has 5 heteroatoms. The molecule has 1 atom stereocenters. The topological polar surface area (TPSA) is 35.9 Å². The van der Waals surface area contributed by atoms with E-state index in [9.17, 15) is 5.11 Å². The summed E-state index contributed by atoms with van der Waals surface area (Å²) >= 11 is 3.62. The molecule has 0 radical (unpaired) electrons. The lowest BCUT2D eigenvalue weighted by Gasteiger charge is -2.46. The summed E-state index contributed by atoms with van der Waals surface area (Å²) in [5.41, 5.74) is 1.87. The van der Waals surface area contributed by atoms with Crippen molar-refractivity contribution in [3.05, 3.63) is 27.7 Å². The van der Waals surface area contributed by atoms with Gasteiger partial charge in [0.25, 0.3) is 0 Å². The number of benzene rings is 1. The predicted octanol–water partition coefficient (Wildman–Crippen LogP) is 3.36. The number of rotatable bonds is 4. The first-order chi connectivity index (χ1) is 12.1. The Morgan fingerprint density at radius 3 is 2.20 bits per heavy atom. The molecule has 0 saturated carbocycles. The van der Waals surface area contributed by atoms with Crippen LogP contribution >= 0.6 is 15.9 Å². The van der Waals surface area contributed by atoms with Gasteiger partial charge < -0.3 is 19.6 Å². The zero-order valence-corrected chi connectivity index (χ0v) is 16.7. The summed E-state index contributed by atoms with van der Waals surface area (Å²) in [4.78, 5) is 5.05. The molecule has 4 rings (SSSR count). The molecule has 1 aromatic carbocycles. The van der Waals surface area contributed by atoms with Gasteiger partial charge in [0.1, 0.15) is 5.75 Å². The van der Waals surface area contributed by atoms with E-state index >= 15 is 0 Å². The lowest BCUT2D eigenvalue weighted by Crippen LogP contribution is -2.53. The maximum atomic E-state index is 11.5. The number of hydrogen-bond acceptors (Lipinski definition) is 4. The smallest absolute Gasteiger partial charge is 0.139 e. The number of aliphatic hydroxyl groups is 1. The number of nitrogens with zero attached hydrogens (tertiary/aromatic N) is 2. The van der Waals surface area contributed by atoms with E-state index in [1.165, 1.54) is 25.7 Å². The van der Waals surface area contributed by atoms with Gasteiger partial charge in [-0.05, 0) is 92.4 Å². The highest BCUT2D eigenvalue weighted by atomic mass is 79.9. The van der Waals surface area contributed by atoms with Crippen molar-refractivity contribution < 1.29 is 9.84 Å². The van der Waals surface area contributed by atoms with Crippen LogP contribution in [-0.2, 0) is 0 Å². The molecule has 1 N–H and O–H groups in total. The van der Waals surface area contributed by atoms with Gasteiger partial charge in [-0.25, -0.2) is 0 Å². The predicted molar refractivity (Wildman–Crippen MR) is 103 cm³/mol. The molecule has 0 unspecified atom stereocenters. The number of fused-ring (bicyclic) bond motifs is 1. The third-order valence-corrected chi connectivity index (χ3v) is 6.66. The summed E-state index contributed by atoms with van der Waals surface area (Å²) < 4.78 is 7.21. The second kappa shape index (κ2) is 7.18. The fourth-order valence-electron chi connectivity index (χ4n) is 4.82. The van der Waals surface area contributed by atoms with Crippen molar-refractivity contribution in [1.29, 1.82) is 0 Å². The Hall–Kier alpha value is -0.620. The van der Waals surface area contributed by atoms with Crippen LogP contribution in [0.2, 0.25) is 0 Å². The van der Waals surface area contributed by atoms with Crippen molar-refractivity contribution in [3.63, 3.8) is 0 Å². The van der Waals surface area contributed by atoms with E-state index in [1.807, 2.05) is 0 Å². The number of aliphatic hydroxyl groups excluding tert-OH is 1. The molecule has 3 aliphatic rings. The van der Waals surface area contributed by atoms with E-state index in [-0.39, 0.29) is 5.41 Å². The van der Waals surface area contributed by atoms with Crippen LogP contribution < -0.4 is 4.74 Å². The Morgan fingerprint density at radius 2 is 1.64 bits per heavy atom. The van der Waals surface area contributed by atoms with Gasteiger partial charge in [0.05, 0.1) is 22.6 Å². The van der Waals surface area contributed by atoms with Gasteiger partial charge in [-0.15, -0.1) is 0 Å². The Kier molecular flexibility index (Phi) is 5.11. The van der Waals surface area contributed by atoms with E-state index in [1.54, 1.807) is 0 Å². The van der Waals surface area contributed by atoms with Gasteiger partial charge in [-0.1, -0.05) is 0 Å². The first kappa shape index (κ1) is 17.8. The monoisotopic (exact) mass is 408 g/mol. The van der Waals surface area contributed by atoms with E-state index < -0.39 is 6.10 Å². The SMILES string of the molecule is Cc1cc(Br)c2c(c1)[C@H](O)C(CN1CCCC1)(CN1CCCC1)CO2. The molecule has 3 heterocycles. The molecular formula is C20H29BrN2O2. The van der Waals surface area contributed by atoms with Gasteiger partial charge in [0.2, 0.25) is 0 Å². The van der Waals surface area contributed by atoms with E-state index in [4.69, 9.17) is 4.74 Å². The molecule has 25 heavy (non-hydrogen) atoms. The minimum atomic E-state index is -0.478. The van der Waals surface area contributed by atoms with Crippen molar-refractivity contribution in [2.75, 3.05) is 45.9 Å². The number of hydrogen-bond donors (Lipinski definition) is 1. The summed E-state index contributed by atoms with van der Waals surface area (Å²) in [6.07, 6.45) is 4.63. The average molecular weight is 409 g/mol. The third kappa shape index (κ3) is 3.48. The fraction of sp³-hybridized carbons (Fsp3) is 0.700. The Bertz CT molecular complexity index is 606. The molecule has 2 saturated heterocycles. The Morgan fingerprint density at radius 1 is 1.08 bits per heavy atom. The minimum Gasteiger partial charge on any atom is -0.491 e. The molecule has 2 fully saturated rings. The van der Waals surface area contributed by atoms with Gasteiger partial charge in [0, 0.05) is 18.7 Å². The largest absolute Gasteiger partial charge is 0.491 e. The Balaban J connectivity index is 1.66. The van der Waals surface area contributed by atoms with Crippen molar-refractivity contribution >= 4 is 15.9 Å². The van der Waals surface area contributed by atoms with Crippen LogP contribution in [0.5, 0.6) is 5.75 Å². The number of aryl methyl sites for hydroxylation is 1. The third-order valence-electron chi connectivity index (χ3n) is 6.07. The van der Waals surface area contributed by atoms with E-state index in [0.717, 1.165) is 60.6 Å². The molecular weight excluding hydrogens is 380 g/mol. The quantitative estimate of drug-likeness (QED) is 0.828. The first-order valence-electron chi connectivity index (χ1n) is 9.63. The van der Waals surface area contributed by atoms with E-state index in [2.05, 4.69) is 44.8 Å². The van der Waals surface area contributed by atoms with Crippen LogP contribution in [0.4, 0.5) is 0 Å². The van der Waals surface area contributed by atoms with Crippen molar-refractivity contribution in [2.45, 2.75) is 38.7 Å². The highest BCUT2D eigenvalue weighted by molar-refractivity contribution is 9.10. The van der Waals surface area contributed by atoms with Crippen LogP contribution in [0.1, 0.15) is 42.9 Å². The molecule has 0 spiro atoms.